The third-order valence-corrected chi connectivity index (χ3v) is 3.47. The monoisotopic (exact) mass is 334 g/mol. The van der Waals surface area contributed by atoms with Gasteiger partial charge in [-0.15, -0.1) is 0 Å². The molecule has 0 radical (unpaired) electrons. The van der Waals surface area contributed by atoms with Crippen LogP contribution in [0.3, 0.4) is 0 Å². The van der Waals surface area contributed by atoms with Crippen molar-refractivity contribution in [1.82, 2.24) is 0 Å². The normalized spacial score (nSPS) is 18.8. The predicted molar refractivity (Wildman–Crippen MR) is 70.9 cm³/mol. The van der Waals surface area contributed by atoms with Gasteiger partial charge in [-0.3, -0.25) is 0 Å². The fourth-order valence-electron chi connectivity index (χ4n) is 1.99. The molecule has 1 N–H and O–H groups in total. The Labute approximate surface area is 109 Å². The van der Waals surface area contributed by atoms with E-state index in [-0.39, 0.29) is 5.75 Å². The quantitative estimate of drug-likeness (QED) is 0.682. The van der Waals surface area contributed by atoms with E-state index in [0.29, 0.717) is 24.0 Å². The molecule has 0 spiro atoms. The van der Waals surface area contributed by atoms with Crippen LogP contribution >= 0.6 is 22.6 Å². The maximum atomic E-state index is 9.78. The van der Waals surface area contributed by atoms with Crippen LogP contribution in [0, 0.1) is 5.92 Å². The van der Waals surface area contributed by atoms with Crippen LogP contribution in [0.25, 0.3) is 0 Å². The van der Waals surface area contributed by atoms with E-state index in [4.69, 9.17) is 9.47 Å². The first-order chi connectivity index (χ1) is 7.74. The Morgan fingerprint density at radius 1 is 1.56 bits per heavy atom. The molecule has 0 aliphatic carbocycles. The van der Waals surface area contributed by atoms with Crippen LogP contribution in [-0.2, 0) is 6.42 Å². The lowest BCUT2D eigenvalue weighted by molar-refractivity contribution is 0.210. The summed E-state index contributed by atoms with van der Waals surface area (Å²) in [5, 5.41) is 9.78. The number of halogens is 1. The first-order valence-electron chi connectivity index (χ1n) is 5.33. The van der Waals surface area contributed by atoms with Crippen LogP contribution in [0.2, 0.25) is 0 Å². The summed E-state index contributed by atoms with van der Waals surface area (Å²) >= 11 is 2.38. The molecule has 0 bridgehead atoms. The van der Waals surface area contributed by atoms with Crippen LogP contribution in [0.5, 0.6) is 17.2 Å². The summed E-state index contributed by atoms with van der Waals surface area (Å²) in [6.45, 7) is 0.704. The average Bonchev–Trinajstić information content (AvgIpc) is 2.29. The molecule has 4 heteroatoms. The molecule has 1 aromatic rings. The number of hydrogen-bond donors (Lipinski definition) is 1. The maximum absolute atomic E-state index is 9.78. The molecule has 0 fully saturated rings. The van der Waals surface area contributed by atoms with Crippen LogP contribution in [0.15, 0.2) is 12.1 Å². The highest BCUT2D eigenvalue weighted by Crippen LogP contribution is 2.39. The smallest absolute Gasteiger partial charge is 0.164 e. The molecule has 1 aliphatic heterocycles. The number of ether oxygens (including phenoxy) is 2. The van der Waals surface area contributed by atoms with Crippen molar-refractivity contribution in [3.63, 3.8) is 0 Å². The fourth-order valence-corrected chi connectivity index (χ4v) is 2.87. The second-order valence-electron chi connectivity index (χ2n) is 3.99. The summed E-state index contributed by atoms with van der Waals surface area (Å²) in [4.78, 5) is 0. The van der Waals surface area contributed by atoms with Crippen molar-refractivity contribution < 1.29 is 14.6 Å². The topological polar surface area (TPSA) is 38.7 Å². The van der Waals surface area contributed by atoms with Crippen molar-refractivity contribution in [3.05, 3.63) is 17.7 Å². The van der Waals surface area contributed by atoms with Crippen LogP contribution in [-0.4, -0.2) is 23.3 Å². The Morgan fingerprint density at radius 3 is 3.06 bits per heavy atom. The molecule has 0 amide bonds. The lowest BCUT2D eigenvalue weighted by Gasteiger charge is -2.25. The zero-order valence-corrected chi connectivity index (χ0v) is 11.4. The minimum atomic E-state index is 0.183. The average molecular weight is 334 g/mol. The predicted octanol–water partition coefficient (Wildman–Crippen LogP) is 2.78. The summed E-state index contributed by atoms with van der Waals surface area (Å²) in [5.41, 5.74) is 1.05. The molecule has 3 nitrogen and oxygen atoms in total. The Kier molecular flexibility index (Phi) is 3.78. The first kappa shape index (κ1) is 11.8. The number of hydrogen-bond acceptors (Lipinski definition) is 3. The Bertz CT molecular complexity index is 379. The van der Waals surface area contributed by atoms with Crippen molar-refractivity contribution in [2.45, 2.75) is 12.8 Å². The van der Waals surface area contributed by atoms with Gasteiger partial charge in [-0.05, 0) is 29.3 Å². The van der Waals surface area contributed by atoms with Gasteiger partial charge in [0.2, 0.25) is 0 Å². The molecule has 0 aromatic heterocycles. The zero-order valence-electron chi connectivity index (χ0n) is 9.20. The highest BCUT2D eigenvalue weighted by molar-refractivity contribution is 14.1. The highest BCUT2D eigenvalue weighted by atomic mass is 127. The molecular weight excluding hydrogens is 319 g/mol. The molecule has 1 unspecified atom stereocenters. The lowest BCUT2D eigenvalue weighted by atomic mass is 9.94. The Hall–Kier alpha value is -0.650. The van der Waals surface area contributed by atoms with E-state index in [2.05, 4.69) is 22.6 Å². The van der Waals surface area contributed by atoms with Crippen molar-refractivity contribution in [3.8, 4) is 17.2 Å². The summed E-state index contributed by atoms with van der Waals surface area (Å²) in [6, 6.07) is 3.55. The molecule has 1 atom stereocenters. The minimum Gasteiger partial charge on any atom is -0.504 e. The number of benzene rings is 1. The number of alkyl halides is 1. The minimum absolute atomic E-state index is 0.183. The SMILES string of the molecule is COc1cc(O)c2c(c1)CC(CCI)CO2. The molecule has 0 saturated carbocycles. The number of methoxy groups -OCH3 is 1. The number of aromatic hydroxyl groups is 1. The largest absolute Gasteiger partial charge is 0.504 e. The fraction of sp³-hybridized carbons (Fsp3) is 0.500. The first-order valence-corrected chi connectivity index (χ1v) is 6.85. The number of rotatable bonds is 3. The summed E-state index contributed by atoms with van der Waals surface area (Å²) in [6.07, 6.45) is 2.11. The summed E-state index contributed by atoms with van der Waals surface area (Å²) in [5.74, 6) is 2.05. The van der Waals surface area contributed by atoms with E-state index in [0.717, 1.165) is 22.8 Å². The summed E-state index contributed by atoms with van der Waals surface area (Å²) < 4.78 is 11.9. The molecule has 0 saturated heterocycles. The summed E-state index contributed by atoms with van der Waals surface area (Å²) in [7, 11) is 1.60. The second-order valence-corrected chi connectivity index (χ2v) is 5.07. The second kappa shape index (κ2) is 5.12. The molecule has 1 heterocycles. The number of phenols is 1. The van der Waals surface area contributed by atoms with E-state index in [1.54, 1.807) is 13.2 Å². The van der Waals surface area contributed by atoms with E-state index in [1.165, 1.54) is 0 Å². The zero-order chi connectivity index (χ0) is 11.5. The number of fused-ring (bicyclic) bond motifs is 1. The lowest BCUT2D eigenvalue weighted by Crippen LogP contribution is -2.21. The standard InChI is InChI=1S/C12H15IO3/c1-15-10-5-9-4-8(2-3-13)7-16-12(9)11(14)6-10/h5-6,8,14H,2-4,7H2,1H3. The maximum Gasteiger partial charge on any atom is 0.164 e. The molecule has 1 aromatic carbocycles. The van der Waals surface area contributed by atoms with Gasteiger partial charge in [-0.1, -0.05) is 22.6 Å². The van der Waals surface area contributed by atoms with Gasteiger partial charge in [0.25, 0.3) is 0 Å². The highest BCUT2D eigenvalue weighted by Gasteiger charge is 2.22. The third kappa shape index (κ3) is 2.36. The molecule has 2 rings (SSSR count). The molecular formula is C12H15IO3. The van der Waals surface area contributed by atoms with Crippen molar-refractivity contribution in [2.24, 2.45) is 5.92 Å². The molecule has 88 valence electrons. The third-order valence-electron chi connectivity index (χ3n) is 2.84. The van der Waals surface area contributed by atoms with E-state index in [9.17, 15) is 5.11 Å². The van der Waals surface area contributed by atoms with Crippen LogP contribution in [0.1, 0.15) is 12.0 Å². The van der Waals surface area contributed by atoms with Gasteiger partial charge < -0.3 is 14.6 Å². The van der Waals surface area contributed by atoms with Gasteiger partial charge >= 0.3 is 0 Å². The van der Waals surface area contributed by atoms with Gasteiger partial charge in [0.05, 0.1) is 13.7 Å². The van der Waals surface area contributed by atoms with Crippen molar-refractivity contribution >= 4 is 22.6 Å². The number of phenolic OH excluding ortho intramolecular Hbond substituents is 1. The van der Waals surface area contributed by atoms with Crippen LogP contribution in [0.4, 0.5) is 0 Å². The molecule has 1 aliphatic rings. The van der Waals surface area contributed by atoms with Gasteiger partial charge in [0.15, 0.2) is 11.5 Å². The van der Waals surface area contributed by atoms with E-state index < -0.39 is 0 Å². The van der Waals surface area contributed by atoms with Gasteiger partial charge in [0, 0.05) is 11.6 Å². The van der Waals surface area contributed by atoms with E-state index >= 15 is 0 Å². The van der Waals surface area contributed by atoms with Gasteiger partial charge in [-0.2, -0.15) is 0 Å². The Morgan fingerprint density at radius 2 is 2.38 bits per heavy atom. The van der Waals surface area contributed by atoms with E-state index in [1.807, 2.05) is 6.07 Å². The van der Waals surface area contributed by atoms with Crippen molar-refractivity contribution in [2.75, 3.05) is 18.1 Å². The van der Waals surface area contributed by atoms with Crippen molar-refractivity contribution in [1.29, 1.82) is 0 Å². The molecule has 16 heavy (non-hydrogen) atoms. The Balaban J connectivity index is 2.25. The van der Waals surface area contributed by atoms with Gasteiger partial charge in [-0.25, -0.2) is 0 Å². The van der Waals surface area contributed by atoms with Crippen LogP contribution < -0.4 is 9.47 Å². The van der Waals surface area contributed by atoms with Gasteiger partial charge in [0.1, 0.15) is 5.75 Å².